The Balaban J connectivity index is 2.30. The first-order chi connectivity index (χ1) is 9.95. The molecule has 1 atom stereocenters. The van der Waals surface area contributed by atoms with Gasteiger partial charge in [-0.3, -0.25) is 14.3 Å². The zero-order valence-corrected chi connectivity index (χ0v) is 13.6. The Morgan fingerprint density at radius 2 is 2.05 bits per heavy atom. The topological polar surface area (TPSA) is 72.2 Å². The number of halogens is 1. The summed E-state index contributed by atoms with van der Waals surface area (Å²) in [7, 11) is -0.928. The minimum Gasteiger partial charge on any atom is -0.350 e. The second kappa shape index (κ2) is 6.82. The Morgan fingerprint density at radius 3 is 2.71 bits per heavy atom. The molecule has 110 valence electrons. The Labute approximate surface area is 133 Å². The molecule has 2 aromatic carbocycles. The molecule has 2 rings (SSSR count). The Morgan fingerprint density at radius 1 is 1.29 bits per heavy atom. The number of anilines is 2. The van der Waals surface area contributed by atoms with Crippen molar-refractivity contribution in [2.45, 2.75) is 5.75 Å². The number of nitro groups is 1. The maximum atomic E-state index is 11.3. The molecule has 0 aromatic heterocycles. The lowest BCUT2D eigenvalue weighted by Gasteiger charge is -2.09. The van der Waals surface area contributed by atoms with E-state index in [-0.39, 0.29) is 5.69 Å². The fraction of sp³-hybridized carbons (Fsp3) is 0.143. The fourth-order valence-corrected chi connectivity index (χ4v) is 2.89. The summed E-state index contributed by atoms with van der Waals surface area (Å²) in [6, 6.07) is 12.2. The van der Waals surface area contributed by atoms with Crippen molar-refractivity contribution in [1.82, 2.24) is 0 Å². The lowest BCUT2D eigenvalue weighted by Crippen LogP contribution is -1.98. The predicted molar refractivity (Wildman–Crippen MR) is 88.3 cm³/mol. The summed E-state index contributed by atoms with van der Waals surface area (Å²) in [6.07, 6.45) is 1.64. The average molecular weight is 369 g/mol. The van der Waals surface area contributed by atoms with Crippen LogP contribution in [0.1, 0.15) is 5.56 Å². The van der Waals surface area contributed by atoms with Crippen molar-refractivity contribution >= 4 is 43.8 Å². The average Bonchev–Trinajstić information content (AvgIpc) is 2.40. The zero-order chi connectivity index (χ0) is 15.4. The second-order valence-electron chi connectivity index (χ2n) is 4.46. The number of nitrogens with one attached hydrogen (secondary N) is 1. The monoisotopic (exact) mass is 368 g/mol. The quantitative estimate of drug-likeness (QED) is 0.639. The van der Waals surface area contributed by atoms with Crippen LogP contribution in [0.3, 0.4) is 0 Å². The van der Waals surface area contributed by atoms with E-state index in [2.05, 4.69) is 21.2 Å². The molecular weight excluding hydrogens is 356 g/mol. The van der Waals surface area contributed by atoms with Gasteiger partial charge in [-0.2, -0.15) is 0 Å². The van der Waals surface area contributed by atoms with Gasteiger partial charge in [0.2, 0.25) is 0 Å². The molecule has 1 unspecified atom stereocenters. The molecule has 0 saturated carbocycles. The number of benzene rings is 2. The smallest absolute Gasteiger partial charge is 0.293 e. The maximum absolute atomic E-state index is 11.3. The van der Waals surface area contributed by atoms with Gasteiger partial charge in [0.1, 0.15) is 5.69 Å². The minimum absolute atomic E-state index is 0.00570. The molecule has 5 nitrogen and oxygen atoms in total. The third kappa shape index (κ3) is 4.37. The van der Waals surface area contributed by atoms with Crippen LogP contribution in [0.25, 0.3) is 0 Å². The Bertz CT molecular complexity index is 706. The van der Waals surface area contributed by atoms with Crippen molar-refractivity contribution in [3.8, 4) is 0 Å². The Hall–Kier alpha value is -1.73. The second-order valence-corrected chi connectivity index (χ2v) is 6.81. The van der Waals surface area contributed by atoms with Crippen LogP contribution in [-0.2, 0) is 16.6 Å². The first-order valence-electron chi connectivity index (χ1n) is 6.05. The number of nitro benzene ring substituents is 1. The highest BCUT2D eigenvalue weighted by Gasteiger charge is 2.14. The molecule has 0 fully saturated rings. The summed E-state index contributed by atoms with van der Waals surface area (Å²) in [5, 5.41) is 14.1. The maximum Gasteiger partial charge on any atom is 0.293 e. The minimum atomic E-state index is -0.928. The SMILES string of the molecule is CS(=O)Cc1cccc(Nc2ccc(Br)cc2[N+](=O)[O-])c1. The van der Waals surface area contributed by atoms with Gasteiger partial charge in [-0.1, -0.05) is 28.1 Å². The third-order valence-corrected chi connectivity index (χ3v) is 3.97. The number of hydrogen-bond donors (Lipinski definition) is 1. The van der Waals surface area contributed by atoms with Gasteiger partial charge in [0.15, 0.2) is 0 Å². The first kappa shape index (κ1) is 15.7. The van der Waals surface area contributed by atoms with Crippen LogP contribution >= 0.6 is 15.9 Å². The van der Waals surface area contributed by atoms with Crippen molar-refractivity contribution in [1.29, 1.82) is 0 Å². The molecule has 0 spiro atoms. The summed E-state index contributed by atoms with van der Waals surface area (Å²) in [4.78, 5) is 10.6. The standard InChI is InChI=1S/C14H13BrN2O3S/c1-21(20)9-10-3-2-4-12(7-10)16-13-6-5-11(15)8-14(13)17(18)19/h2-8,16H,9H2,1H3. The molecule has 21 heavy (non-hydrogen) atoms. The van der Waals surface area contributed by atoms with E-state index < -0.39 is 15.7 Å². The summed E-state index contributed by atoms with van der Waals surface area (Å²) >= 11 is 3.22. The lowest BCUT2D eigenvalue weighted by molar-refractivity contribution is -0.384. The van der Waals surface area contributed by atoms with Crippen LogP contribution in [0.4, 0.5) is 17.1 Å². The summed E-state index contributed by atoms with van der Waals surface area (Å²) in [5.74, 6) is 0.456. The molecule has 1 N–H and O–H groups in total. The summed E-state index contributed by atoms with van der Waals surface area (Å²) in [5.41, 5.74) is 2.05. The van der Waals surface area contributed by atoms with E-state index >= 15 is 0 Å². The van der Waals surface area contributed by atoms with Crippen LogP contribution in [0, 0.1) is 10.1 Å². The van der Waals surface area contributed by atoms with Gasteiger partial charge < -0.3 is 5.32 Å². The molecule has 0 aliphatic carbocycles. The highest BCUT2D eigenvalue weighted by molar-refractivity contribution is 9.10. The van der Waals surface area contributed by atoms with Crippen LogP contribution in [0.5, 0.6) is 0 Å². The molecule has 2 aromatic rings. The van der Waals surface area contributed by atoms with E-state index in [1.165, 1.54) is 6.07 Å². The van der Waals surface area contributed by atoms with Crippen molar-refractivity contribution in [2.24, 2.45) is 0 Å². The Kier molecular flexibility index (Phi) is 5.08. The molecule has 0 amide bonds. The number of rotatable bonds is 5. The van der Waals surface area contributed by atoms with Crippen molar-refractivity contribution in [3.05, 3.63) is 62.6 Å². The van der Waals surface area contributed by atoms with Crippen molar-refractivity contribution < 1.29 is 9.13 Å². The van der Waals surface area contributed by atoms with E-state index in [0.717, 1.165) is 11.3 Å². The van der Waals surface area contributed by atoms with E-state index in [0.29, 0.717) is 15.9 Å². The molecule has 0 saturated heterocycles. The van der Waals surface area contributed by atoms with Gasteiger partial charge in [-0.25, -0.2) is 0 Å². The van der Waals surface area contributed by atoms with Crippen LogP contribution in [0.15, 0.2) is 46.9 Å². The molecule has 0 radical (unpaired) electrons. The van der Waals surface area contributed by atoms with Crippen LogP contribution in [-0.4, -0.2) is 15.4 Å². The summed E-state index contributed by atoms with van der Waals surface area (Å²) < 4.78 is 11.9. The third-order valence-electron chi connectivity index (χ3n) is 2.73. The van der Waals surface area contributed by atoms with Gasteiger partial charge in [0.05, 0.1) is 4.92 Å². The van der Waals surface area contributed by atoms with Gasteiger partial charge >= 0.3 is 0 Å². The largest absolute Gasteiger partial charge is 0.350 e. The van der Waals surface area contributed by atoms with Crippen molar-refractivity contribution in [2.75, 3.05) is 11.6 Å². The molecule has 0 aliphatic rings. The molecule has 0 bridgehead atoms. The molecular formula is C14H13BrN2O3S. The van der Waals surface area contributed by atoms with E-state index in [1.807, 2.05) is 24.3 Å². The predicted octanol–water partition coefficient (Wildman–Crippen LogP) is 3.98. The molecule has 0 heterocycles. The molecule has 0 aliphatic heterocycles. The number of hydrogen-bond acceptors (Lipinski definition) is 4. The van der Waals surface area contributed by atoms with Gasteiger partial charge in [-0.15, -0.1) is 0 Å². The number of nitrogens with zero attached hydrogens (tertiary/aromatic N) is 1. The highest BCUT2D eigenvalue weighted by Crippen LogP contribution is 2.30. The van der Waals surface area contributed by atoms with Crippen molar-refractivity contribution in [3.63, 3.8) is 0 Å². The lowest BCUT2D eigenvalue weighted by atomic mass is 10.2. The van der Waals surface area contributed by atoms with Gasteiger partial charge in [0.25, 0.3) is 5.69 Å². The van der Waals surface area contributed by atoms with Gasteiger partial charge in [-0.05, 0) is 29.8 Å². The zero-order valence-electron chi connectivity index (χ0n) is 11.2. The fourth-order valence-electron chi connectivity index (χ4n) is 1.89. The van der Waals surface area contributed by atoms with Gasteiger partial charge in [0, 0.05) is 39.0 Å². The van der Waals surface area contributed by atoms with Crippen LogP contribution < -0.4 is 5.32 Å². The highest BCUT2D eigenvalue weighted by atomic mass is 79.9. The normalized spacial score (nSPS) is 11.9. The van der Waals surface area contributed by atoms with E-state index in [9.17, 15) is 14.3 Å². The first-order valence-corrected chi connectivity index (χ1v) is 8.57. The summed E-state index contributed by atoms with van der Waals surface area (Å²) in [6.45, 7) is 0. The van der Waals surface area contributed by atoms with E-state index in [4.69, 9.17) is 0 Å². The van der Waals surface area contributed by atoms with E-state index in [1.54, 1.807) is 18.4 Å². The molecule has 7 heteroatoms. The van der Waals surface area contributed by atoms with Crippen LogP contribution in [0.2, 0.25) is 0 Å².